The fourth-order valence-corrected chi connectivity index (χ4v) is 5.30. The molecule has 7 nitrogen and oxygen atoms in total. The van der Waals surface area contributed by atoms with Gasteiger partial charge in [-0.2, -0.15) is 4.68 Å². The van der Waals surface area contributed by atoms with Crippen molar-refractivity contribution in [2.45, 2.75) is 39.9 Å². The highest BCUT2D eigenvalue weighted by Gasteiger charge is 2.32. The summed E-state index contributed by atoms with van der Waals surface area (Å²) in [5, 5.41) is 8.37. The van der Waals surface area contributed by atoms with Gasteiger partial charge in [0.15, 0.2) is 9.84 Å². The van der Waals surface area contributed by atoms with Gasteiger partial charge >= 0.3 is 0 Å². The second-order valence-corrected chi connectivity index (χ2v) is 9.22. The quantitative estimate of drug-likeness (QED) is 0.737. The van der Waals surface area contributed by atoms with Crippen LogP contribution in [-0.2, 0) is 16.5 Å². The Morgan fingerprint density at radius 2 is 1.92 bits per heavy atom. The lowest BCUT2D eigenvalue weighted by Gasteiger charge is -2.25. The lowest BCUT2D eigenvalue weighted by molar-refractivity contribution is 0.162. The summed E-state index contributed by atoms with van der Waals surface area (Å²) in [5.41, 5.74) is 3.16. The Morgan fingerprint density at radius 1 is 1.24 bits per heavy atom. The molecule has 3 rings (SSSR count). The second-order valence-electron chi connectivity index (χ2n) is 6.62. The molecule has 1 aromatic carbocycles. The number of aryl methyl sites for hydroxylation is 2. The summed E-state index contributed by atoms with van der Waals surface area (Å²) >= 11 is 5.54. The standard InChI is InChI=1S/C16H23N5O2S2/c1-4-19(14-5-6-25(22,23)10-14)11-20-16(24)21(18-17-20)15-8-12(2)7-13(3)9-15/h7-9,14H,4-6,10-11H2,1-3H3/t14-/m0/s1. The number of sulfone groups is 1. The van der Waals surface area contributed by atoms with Crippen molar-refractivity contribution in [1.29, 1.82) is 0 Å². The second kappa shape index (κ2) is 6.97. The normalized spacial score (nSPS) is 19.6. The van der Waals surface area contributed by atoms with Crippen molar-refractivity contribution in [2.24, 2.45) is 0 Å². The SMILES string of the molecule is CCN(Cn1nnn(-c2cc(C)cc(C)c2)c1=S)[C@H]1CCS(=O)(=O)C1. The molecule has 1 aromatic heterocycles. The van der Waals surface area contributed by atoms with Gasteiger partial charge in [0.1, 0.15) is 0 Å². The molecule has 136 valence electrons. The zero-order chi connectivity index (χ0) is 18.2. The first-order valence-corrected chi connectivity index (χ1v) is 10.6. The molecule has 2 aromatic rings. The van der Waals surface area contributed by atoms with E-state index in [-0.39, 0.29) is 17.5 Å². The van der Waals surface area contributed by atoms with Crippen LogP contribution in [0, 0.1) is 18.6 Å². The smallest absolute Gasteiger partial charge is 0.221 e. The fraction of sp³-hybridized carbons (Fsp3) is 0.562. The van der Waals surface area contributed by atoms with E-state index in [2.05, 4.69) is 21.4 Å². The molecule has 0 unspecified atom stereocenters. The van der Waals surface area contributed by atoms with Crippen LogP contribution in [0.2, 0.25) is 0 Å². The Labute approximate surface area is 153 Å². The third-order valence-corrected chi connectivity index (χ3v) is 6.67. The predicted molar refractivity (Wildman–Crippen MR) is 99.1 cm³/mol. The molecule has 0 aliphatic carbocycles. The highest BCUT2D eigenvalue weighted by molar-refractivity contribution is 7.91. The Hall–Kier alpha value is -1.58. The van der Waals surface area contributed by atoms with E-state index in [1.165, 1.54) is 0 Å². The van der Waals surface area contributed by atoms with Crippen molar-refractivity contribution >= 4 is 22.1 Å². The minimum Gasteiger partial charge on any atom is -0.280 e. The summed E-state index contributed by atoms with van der Waals surface area (Å²) in [6, 6.07) is 6.14. The summed E-state index contributed by atoms with van der Waals surface area (Å²) in [6.45, 7) is 7.26. The lowest BCUT2D eigenvalue weighted by atomic mass is 10.1. The third kappa shape index (κ3) is 3.99. The van der Waals surface area contributed by atoms with Gasteiger partial charge < -0.3 is 0 Å². The van der Waals surface area contributed by atoms with Crippen molar-refractivity contribution in [3.63, 3.8) is 0 Å². The molecule has 1 fully saturated rings. The molecule has 0 radical (unpaired) electrons. The maximum Gasteiger partial charge on any atom is 0.221 e. The van der Waals surface area contributed by atoms with E-state index in [0.717, 1.165) is 23.4 Å². The van der Waals surface area contributed by atoms with E-state index in [9.17, 15) is 8.42 Å². The van der Waals surface area contributed by atoms with E-state index >= 15 is 0 Å². The van der Waals surface area contributed by atoms with Crippen LogP contribution in [0.25, 0.3) is 5.69 Å². The number of benzene rings is 1. The van der Waals surface area contributed by atoms with Gasteiger partial charge in [-0.15, -0.1) is 0 Å². The van der Waals surface area contributed by atoms with Crippen LogP contribution >= 0.6 is 12.2 Å². The largest absolute Gasteiger partial charge is 0.280 e. The van der Waals surface area contributed by atoms with Crippen molar-refractivity contribution in [1.82, 2.24) is 24.7 Å². The molecule has 9 heteroatoms. The maximum atomic E-state index is 11.7. The van der Waals surface area contributed by atoms with Crippen LogP contribution in [0.3, 0.4) is 0 Å². The summed E-state index contributed by atoms with van der Waals surface area (Å²) in [4.78, 5) is 2.10. The summed E-state index contributed by atoms with van der Waals surface area (Å²) in [5.74, 6) is 0.466. The zero-order valence-corrected chi connectivity index (χ0v) is 16.3. The van der Waals surface area contributed by atoms with Crippen LogP contribution in [0.4, 0.5) is 0 Å². The molecule has 1 saturated heterocycles. The topological polar surface area (TPSA) is 73.0 Å². The lowest BCUT2D eigenvalue weighted by Crippen LogP contribution is -2.37. The number of hydrogen-bond acceptors (Lipinski definition) is 6. The van der Waals surface area contributed by atoms with Gasteiger partial charge in [0.2, 0.25) is 4.77 Å². The van der Waals surface area contributed by atoms with Crippen LogP contribution in [0.1, 0.15) is 24.5 Å². The zero-order valence-electron chi connectivity index (χ0n) is 14.7. The first-order valence-electron chi connectivity index (χ1n) is 8.35. The van der Waals surface area contributed by atoms with Crippen LogP contribution in [-0.4, -0.2) is 57.2 Å². The van der Waals surface area contributed by atoms with Crippen molar-refractivity contribution in [3.05, 3.63) is 34.1 Å². The first-order chi connectivity index (χ1) is 11.8. The fourth-order valence-electron chi connectivity index (χ4n) is 3.31. The number of aromatic nitrogens is 4. The molecule has 0 saturated carbocycles. The van der Waals surface area contributed by atoms with Gasteiger partial charge in [-0.05, 0) is 72.7 Å². The van der Waals surface area contributed by atoms with Crippen molar-refractivity contribution in [3.8, 4) is 5.69 Å². The molecule has 0 amide bonds. The molecular weight excluding hydrogens is 358 g/mol. The predicted octanol–water partition coefficient (Wildman–Crippen LogP) is 1.88. The van der Waals surface area contributed by atoms with E-state index in [0.29, 0.717) is 17.9 Å². The van der Waals surface area contributed by atoms with Crippen LogP contribution in [0.5, 0.6) is 0 Å². The molecule has 25 heavy (non-hydrogen) atoms. The minimum absolute atomic E-state index is 0.0169. The summed E-state index contributed by atoms with van der Waals surface area (Å²) < 4.78 is 27.3. The average molecular weight is 382 g/mol. The Balaban J connectivity index is 1.84. The number of tetrazole rings is 1. The summed E-state index contributed by atoms with van der Waals surface area (Å²) in [6.07, 6.45) is 0.661. The molecule has 0 bridgehead atoms. The monoisotopic (exact) mass is 381 g/mol. The molecule has 0 N–H and O–H groups in total. The third-order valence-electron chi connectivity index (χ3n) is 4.54. The molecule has 1 atom stereocenters. The van der Waals surface area contributed by atoms with Crippen LogP contribution in [0.15, 0.2) is 18.2 Å². The average Bonchev–Trinajstić information content (AvgIpc) is 3.06. The maximum absolute atomic E-state index is 11.7. The van der Waals surface area contributed by atoms with E-state index in [1.807, 2.05) is 32.9 Å². The van der Waals surface area contributed by atoms with Crippen LogP contribution < -0.4 is 0 Å². The Kier molecular flexibility index (Phi) is 5.08. The number of rotatable bonds is 5. The highest BCUT2D eigenvalue weighted by atomic mass is 32.2. The van der Waals surface area contributed by atoms with Gasteiger partial charge in [-0.25, -0.2) is 13.1 Å². The van der Waals surface area contributed by atoms with Crippen molar-refractivity contribution < 1.29 is 8.42 Å². The molecule has 2 heterocycles. The summed E-state index contributed by atoms with van der Waals surface area (Å²) in [7, 11) is -2.92. The van der Waals surface area contributed by atoms with Gasteiger partial charge in [-0.1, -0.05) is 13.0 Å². The van der Waals surface area contributed by atoms with Gasteiger partial charge in [-0.3, -0.25) is 4.90 Å². The molecular formula is C16H23N5O2S2. The molecule has 1 aliphatic rings. The molecule has 0 spiro atoms. The highest BCUT2D eigenvalue weighted by Crippen LogP contribution is 2.18. The molecule has 1 aliphatic heterocycles. The number of nitrogens with zero attached hydrogens (tertiary/aromatic N) is 5. The van der Waals surface area contributed by atoms with Gasteiger partial charge in [0.25, 0.3) is 0 Å². The van der Waals surface area contributed by atoms with Gasteiger partial charge in [0.05, 0.1) is 23.9 Å². The van der Waals surface area contributed by atoms with E-state index < -0.39 is 9.84 Å². The Morgan fingerprint density at radius 3 is 2.48 bits per heavy atom. The first kappa shape index (κ1) is 18.2. The van der Waals surface area contributed by atoms with Gasteiger partial charge in [0, 0.05) is 6.04 Å². The van der Waals surface area contributed by atoms with Crippen molar-refractivity contribution in [2.75, 3.05) is 18.1 Å². The van der Waals surface area contributed by atoms with E-state index in [4.69, 9.17) is 12.2 Å². The minimum atomic E-state index is -2.92. The van der Waals surface area contributed by atoms with E-state index in [1.54, 1.807) is 9.36 Å². The Bertz CT molecular complexity index is 912. The number of hydrogen-bond donors (Lipinski definition) is 0.